The molecule has 0 aliphatic rings. The monoisotopic (exact) mass is 400 g/mol. The number of nitrogens with zero attached hydrogens (tertiary/aromatic N) is 1. The second-order valence-corrected chi connectivity index (χ2v) is 8.66. The van der Waals surface area contributed by atoms with Crippen molar-refractivity contribution in [2.75, 3.05) is 5.32 Å². The minimum absolute atomic E-state index is 0.127. The van der Waals surface area contributed by atoms with Crippen LogP contribution in [-0.2, 0) is 21.2 Å². The van der Waals surface area contributed by atoms with Crippen LogP contribution in [0.5, 0.6) is 0 Å². The van der Waals surface area contributed by atoms with Gasteiger partial charge in [0.2, 0.25) is 15.7 Å². The van der Waals surface area contributed by atoms with Crippen molar-refractivity contribution in [2.45, 2.75) is 50.5 Å². The lowest BCUT2D eigenvalue weighted by atomic mass is 10.2. The average molecular weight is 401 g/mol. The fraction of sp³-hybridized carbons (Fsp3) is 0.286. The van der Waals surface area contributed by atoms with E-state index in [1.165, 1.54) is 0 Å². The Morgan fingerprint density at radius 1 is 1.11 bits per heavy atom. The smallest absolute Gasteiger partial charge is 0.225 e. The van der Waals surface area contributed by atoms with Crippen molar-refractivity contribution in [2.24, 2.45) is 0 Å². The van der Waals surface area contributed by atoms with Gasteiger partial charge in [0.05, 0.1) is 17.7 Å². The van der Waals surface area contributed by atoms with E-state index in [9.17, 15) is 13.2 Å². The van der Waals surface area contributed by atoms with Crippen molar-refractivity contribution >= 4 is 21.6 Å². The van der Waals surface area contributed by atoms with Crippen LogP contribution in [0.15, 0.2) is 56.9 Å². The number of nitrogens with one attached hydrogen (secondary N) is 1. The maximum absolute atomic E-state index is 13.4. The first-order chi connectivity index (χ1) is 13.3. The second-order valence-electron chi connectivity index (χ2n) is 6.77. The number of furan rings is 1. The van der Waals surface area contributed by atoms with Gasteiger partial charge in [0.15, 0.2) is 0 Å². The molecule has 3 rings (SSSR count). The standard InChI is InChI=1S/C21H24N2O4S/c1-5-19(24)22-21-20(28(25,26)18-10-8-14(2)9-11-18)15(3)16(4)23(21)13-17-7-6-12-27-17/h6-12H,5,13H2,1-4H3,(H,22,24). The van der Waals surface area contributed by atoms with Crippen molar-refractivity contribution in [3.05, 3.63) is 65.2 Å². The number of hydrogen-bond donors (Lipinski definition) is 1. The zero-order valence-corrected chi connectivity index (χ0v) is 17.3. The Hall–Kier alpha value is -2.80. The van der Waals surface area contributed by atoms with Crippen molar-refractivity contribution in [1.82, 2.24) is 4.57 Å². The molecule has 0 saturated heterocycles. The minimum Gasteiger partial charge on any atom is -0.467 e. The Morgan fingerprint density at radius 3 is 2.36 bits per heavy atom. The van der Waals surface area contributed by atoms with E-state index in [1.54, 1.807) is 55.0 Å². The van der Waals surface area contributed by atoms with Gasteiger partial charge in [-0.2, -0.15) is 0 Å². The van der Waals surface area contributed by atoms with Crippen molar-refractivity contribution in [3.8, 4) is 0 Å². The number of carbonyl (C=O) groups is 1. The van der Waals surface area contributed by atoms with E-state index < -0.39 is 9.84 Å². The van der Waals surface area contributed by atoms with Crippen LogP contribution >= 0.6 is 0 Å². The van der Waals surface area contributed by atoms with Crippen LogP contribution in [0, 0.1) is 20.8 Å². The Bertz CT molecular complexity index is 1090. The summed E-state index contributed by atoms with van der Waals surface area (Å²) in [7, 11) is -3.82. The molecule has 148 valence electrons. The number of hydrogen-bond acceptors (Lipinski definition) is 4. The van der Waals surface area contributed by atoms with Crippen LogP contribution in [0.25, 0.3) is 0 Å². The van der Waals surface area contributed by atoms with Gasteiger partial charge in [-0.15, -0.1) is 0 Å². The fourth-order valence-electron chi connectivity index (χ4n) is 3.10. The molecule has 0 spiro atoms. The van der Waals surface area contributed by atoms with Gasteiger partial charge in [-0.1, -0.05) is 24.6 Å². The lowest BCUT2D eigenvalue weighted by Crippen LogP contribution is -2.17. The molecule has 0 unspecified atom stereocenters. The molecule has 7 heteroatoms. The van der Waals surface area contributed by atoms with Gasteiger partial charge in [0.25, 0.3) is 0 Å². The Balaban J connectivity index is 2.21. The van der Waals surface area contributed by atoms with Gasteiger partial charge < -0.3 is 14.3 Å². The van der Waals surface area contributed by atoms with Crippen LogP contribution in [0.2, 0.25) is 0 Å². The normalized spacial score (nSPS) is 11.6. The van der Waals surface area contributed by atoms with Crippen LogP contribution in [0.3, 0.4) is 0 Å². The molecule has 0 saturated carbocycles. The van der Waals surface area contributed by atoms with Gasteiger partial charge in [-0.25, -0.2) is 8.42 Å². The number of benzene rings is 1. The molecule has 0 aliphatic carbocycles. The molecular weight excluding hydrogens is 376 g/mol. The van der Waals surface area contributed by atoms with Gasteiger partial charge in [-0.3, -0.25) is 4.79 Å². The maximum atomic E-state index is 13.4. The lowest BCUT2D eigenvalue weighted by molar-refractivity contribution is -0.115. The topological polar surface area (TPSA) is 81.3 Å². The van der Waals surface area contributed by atoms with E-state index in [0.717, 1.165) is 11.3 Å². The van der Waals surface area contributed by atoms with Gasteiger partial charge in [0.1, 0.15) is 16.5 Å². The predicted octanol–water partition coefficient (Wildman–Crippen LogP) is 4.24. The van der Waals surface area contributed by atoms with E-state index >= 15 is 0 Å². The third kappa shape index (κ3) is 3.62. The number of amides is 1. The molecule has 0 atom stereocenters. The number of rotatable bonds is 6. The number of sulfone groups is 1. The van der Waals surface area contributed by atoms with Crippen LogP contribution in [-0.4, -0.2) is 18.9 Å². The van der Waals surface area contributed by atoms with Crippen LogP contribution in [0.4, 0.5) is 5.82 Å². The van der Waals surface area contributed by atoms with E-state index in [1.807, 2.05) is 19.9 Å². The highest BCUT2D eigenvalue weighted by atomic mass is 32.2. The van der Waals surface area contributed by atoms with Crippen LogP contribution in [0.1, 0.15) is 35.9 Å². The first-order valence-electron chi connectivity index (χ1n) is 9.09. The summed E-state index contributed by atoms with van der Waals surface area (Å²) < 4.78 is 34.1. The molecule has 0 bridgehead atoms. The van der Waals surface area contributed by atoms with Gasteiger partial charge in [0, 0.05) is 12.1 Å². The molecular formula is C21H24N2O4S. The van der Waals surface area contributed by atoms with E-state index in [0.29, 0.717) is 17.9 Å². The van der Waals surface area contributed by atoms with Crippen molar-refractivity contribution in [3.63, 3.8) is 0 Å². The largest absolute Gasteiger partial charge is 0.467 e. The summed E-state index contributed by atoms with van der Waals surface area (Å²) in [6, 6.07) is 10.3. The number of anilines is 1. The third-order valence-electron chi connectivity index (χ3n) is 4.85. The summed E-state index contributed by atoms with van der Waals surface area (Å²) in [5.41, 5.74) is 2.34. The average Bonchev–Trinajstić information content (AvgIpc) is 3.25. The highest BCUT2D eigenvalue weighted by molar-refractivity contribution is 7.91. The maximum Gasteiger partial charge on any atom is 0.225 e. The molecule has 2 heterocycles. The molecule has 0 aliphatic heterocycles. The summed E-state index contributed by atoms with van der Waals surface area (Å²) in [6.45, 7) is 7.55. The molecule has 3 aromatic rings. The Kier molecular flexibility index (Phi) is 5.47. The minimum atomic E-state index is -3.82. The summed E-state index contributed by atoms with van der Waals surface area (Å²) in [4.78, 5) is 12.5. The van der Waals surface area contributed by atoms with Crippen LogP contribution < -0.4 is 5.32 Å². The van der Waals surface area contributed by atoms with Gasteiger partial charge in [-0.05, 0) is 50.6 Å². The molecule has 0 radical (unpaired) electrons. The number of aromatic nitrogens is 1. The lowest BCUT2D eigenvalue weighted by Gasteiger charge is -2.13. The van der Waals surface area contributed by atoms with Gasteiger partial charge >= 0.3 is 0 Å². The number of aryl methyl sites for hydroxylation is 1. The van der Waals surface area contributed by atoms with E-state index in [4.69, 9.17) is 4.42 Å². The van der Waals surface area contributed by atoms with Crippen molar-refractivity contribution in [1.29, 1.82) is 0 Å². The summed E-state index contributed by atoms with van der Waals surface area (Å²) in [6.07, 6.45) is 1.81. The Labute approximate surface area is 165 Å². The highest BCUT2D eigenvalue weighted by Gasteiger charge is 2.30. The molecule has 2 aromatic heterocycles. The summed E-state index contributed by atoms with van der Waals surface area (Å²) in [5.74, 6) is 0.696. The summed E-state index contributed by atoms with van der Waals surface area (Å²) in [5, 5.41) is 2.79. The molecule has 1 aromatic carbocycles. The fourth-order valence-corrected chi connectivity index (χ4v) is 4.80. The zero-order valence-electron chi connectivity index (χ0n) is 16.4. The Morgan fingerprint density at radius 2 is 1.79 bits per heavy atom. The zero-order chi connectivity index (χ0) is 20.5. The molecule has 6 nitrogen and oxygen atoms in total. The third-order valence-corrected chi connectivity index (χ3v) is 6.78. The van der Waals surface area contributed by atoms with E-state index in [-0.39, 0.29) is 27.9 Å². The predicted molar refractivity (Wildman–Crippen MR) is 107 cm³/mol. The summed E-state index contributed by atoms with van der Waals surface area (Å²) >= 11 is 0. The van der Waals surface area contributed by atoms with E-state index in [2.05, 4.69) is 5.32 Å². The molecule has 1 N–H and O–H groups in total. The first-order valence-corrected chi connectivity index (χ1v) is 10.6. The molecule has 0 fully saturated rings. The molecule has 1 amide bonds. The first kappa shape index (κ1) is 19.9. The SMILES string of the molecule is CCC(=O)Nc1c(S(=O)(=O)c2ccc(C)cc2)c(C)c(C)n1Cc1ccco1. The highest BCUT2D eigenvalue weighted by Crippen LogP contribution is 2.36. The number of carbonyl (C=O) groups excluding carboxylic acids is 1. The molecule has 28 heavy (non-hydrogen) atoms. The quantitative estimate of drug-likeness (QED) is 0.671. The van der Waals surface area contributed by atoms with Crippen molar-refractivity contribution < 1.29 is 17.6 Å². The second kappa shape index (κ2) is 7.67.